The zero-order chi connectivity index (χ0) is 18.1. The van der Waals surface area contributed by atoms with E-state index in [1.54, 1.807) is 32.5 Å². The molecule has 0 bridgehead atoms. The molecule has 0 aromatic carbocycles. The predicted octanol–water partition coefficient (Wildman–Crippen LogP) is 1.63. The average Bonchev–Trinajstić information content (AvgIpc) is 2.63. The lowest BCUT2D eigenvalue weighted by atomic mass is 10.2. The number of hydrogen-bond donors (Lipinski definition) is 1. The minimum atomic E-state index is -0.189. The summed E-state index contributed by atoms with van der Waals surface area (Å²) in [6, 6.07) is 5.72. The zero-order valence-corrected chi connectivity index (χ0v) is 15.0. The van der Waals surface area contributed by atoms with E-state index in [0.717, 1.165) is 25.2 Å². The molecule has 0 aliphatic carbocycles. The van der Waals surface area contributed by atoms with Crippen molar-refractivity contribution in [2.45, 2.75) is 19.8 Å². The van der Waals surface area contributed by atoms with Crippen LogP contribution < -0.4 is 10.2 Å². The van der Waals surface area contributed by atoms with Gasteiger partial charge in [-0.05, 0) is 37.5 Å². The molecular formula is C18H25N5O2. The molecule has 0 aliphatic heterocycles. The molecular weight excluding hydrogens is 318 g/mol. The van der Waals surface area contributed by atoms with E-state index in [-0.39, 0.29) is 5.91 Å². The van der Waals surface area contributed by atoms with E-state index in [2.05, 4.69) is 20.3 Å². The van der Waals surface area contributed by atoms with Gasteiger partial charge in [-0.1, -0.05) is 0 Å². The Balaban J connectivity index is 1.98. The normalized spacial score (nSPS) is 10.5. The molecule has 0 aliphatic rings. The number of pyridine rings is 1. The highest BCUT2D eigenvalue weighted by Gasteiger charge is 2.12. The second kappa shape index (κ2) is 9.68. The number of hydrogen-bond acceptors (Lipinski definition) is 6. The van der Waals surface area contributed by atoms with Crippen molar-refractivity contribution in [3.8, 4) is 0 Å². The summed E-state index contributed by atoms with van der Waals surface area (Å²) in [5.41, 5.74) is 1.60. The fourth-order valence-corrected chi connectivity index (χ4v) is 2.33. The van der Waals surface area contributed by atoms with E-state index in [0.29, 0.717) is 24.7 Å². The van der Waals surface area contributed by atoms with Crippen LogP contribution in [-0.4, -0.2) is 54.7 Å². The fourth-order valence-electron chi connectivity index (χ4n) is 2.33. The molecule has 7 heteroatoms. The van der Waals surface area contributed by atoms with Gasteiger partial charge in [-0.3, -0.25) is 9.78 Å². The van der Waals surface area contributed by atoms with Gasteiger partial charge in [0.2, 0.25) is 0 Å². The Morgan fingerprint density at radius 2 is 2.04 bits per heavy atom. The summed E-state index contributed by atoms with van der Waals surface area (Å²) >= 11 is 0. The summed E-state index contributed by atoms with van der Waals surface area (Å²) in [6.45, 7) is 3.76. The number of nitrogens with one attached hydrogen (secondary N) is 1. The quantitative estimate of drug-likeness (QED) is 0.697. The zero-order valence-electron chi connectivity index (χ0n) is 15.0. The average molecular weight is 343 g/mol. The van der Waals surface area contributed by atoms with Gasteiger partial charge in [-0.15, -0.1) is 0 Å². The number of carbonyl (C=O) groups is 1. The van der Waals surface area contributed by atoms with Crippen LogP contribution in [0.2, 0.25) is 0 Å². The molecule has 1 amide bonds. The van der Waals surface area contributed by atoms with Crippen molar-refractivity contribution in [1.82, 2.24) is 20.3 Å². The minimum Gasteiger partial charge on any atom is -0.385 e. The Morgan fingerprint density at radius 1 is 1.28 bits per heavy atom. The van der Waals surface area contributed by atoms with Gasteiger partial charge in [-0.25, -0.2) is 9.97 Å². The highest BCUT2D eigenvalue weighted by molar-refractivity contribution is 5.92. The first-order chi connectivity index (χ1) is 12.1. The van der Waals surface area contributed by atoms with Gasteiger partial charge in [0, 0.05) is 52.3 Å². The molecule has 0 radical (unpaired) electrons. The lowest BCUT2D eigenvalue weighted by Gasteiger charge is -2.19. The Labute approximate surface area is 148 Å². The number of aromatic nitrogens is 3. The van der Waals surface area contributed by atoms with Crippen LogP contribution in [0, 0.1) is 6.92 Å². The first kappa shape index (κ1) is 18.8. The highest BCUT2D eigenvalue weighted by Crippen LogP contribution is 2.12. The van der Waals surface area contributed by atoms with Crippen molar-refractivity contribution in [3.05, 3.63) is 47.7 Å². The number of methoxy groups -OCH3 is 1. The summed E-state index contributed by atoms with van der Waals surface area (Å²) in [5, 5.41) is 2.85. The van der Waals surface area contributed by atoms with E-state index in [1.807, 2.05) is 24.1 Å². The maximum Gasteiger partial charge on any atom is 0.270 e. The molecule has 0 saturated heterocycles. The summed E-state index contributed by atoms with van der Waals surface area (Å²) < 4.78 is 4.97. The van der Waals surface area contributed by atoms with Gasteiger partial charge < -0.3 is 15.0 Å². The predicted molar refractivity (Wildman–Crippen MR) is 96.8 cm³/mol. The number of carbonyl (C=O) groups excluding carboxylic acids is 1. The Hall–Kier alpha value is -2.54. The smallest absolute Gasteiger partial charge is 0.270 e. The molecule has 25 heavy (non-hydrogen) atoms. The largest absolute Gasteiger partial charge is 0.385 e. The molecule has 2 heterocycles. The second-order valence-corrected chi connectivity index (χ2v) is 5.79. The summed E-state index contributed by atoms with van der Waals surface area (Å²) in [6.07, 6.45) is 5.22. The number of anilines is 1. The van der Waals surface area contributed by atoms with Crippen LogP contribution in [0.15, 0.2) is 30.6 Å². The Kier molecular flexibility index (Phi) is 7.28. The first-order valence-corrected chi connectivity index (χ1v) is 8.33. The lowest BCUT2D eigenvalue weighted by molar-refractivity contribution is 0.0943. The summed E-state index contributed by atoms with van der Waals surface area (Å²) in [5.74, 6) is 1.13. The van der Waals surface area contributed by atoms with E-state index in [1.165, 1.54) is 5.56 Å². The Morgan fingerprint density at radius 3 is 2.76 bits per heavy atom. The number of aryl methyl sites for hydroxylation is 1. The molecule has 134 valence electrons. The van der Waals surface area contributed by atoms with Crippen molar-refractivity contribution < 1.29 is 9.53 Å². The van der Waals surface area contributed by atoms with Crippen molar-refractivity contribution in [3.63, 3.8) is 0 Å². The van der Waals surface area contributed by atoms with Gasteiger partial charge in [0.1, 0.15) is 17.3 Å². The van der Waals surface area contributed by atoms with Crippen LogP contribution in [0.1, 0.15) is 28.3 Å². The molecule has 2 aromatic rings. The molecule has 0 saturated carbocycles. The number of ether oxygens (including phenoxy) is 1. The monoisotopic (exact) mass is 343 g/mol. The number of nitrogens with zero attached hydrogens (tertiary/aromatic N) is 4. The lowest BCUT2D eigenvalue weighted by Crippen LogP contribution is -2.28. The molecule has 0 fully saturated rings. The number of rotatable bonds is 9. The Bertz CT molecular complexity index is 678. The van der Waals surface area contributed by atoms with E-state index >= 15 is 0 Å². The van der Waals surface area contributed by atoms with Crippen LogP contribution >= 0.6 is 0 Å². The maximum absolute atomic E-state index is 12.2. The summed E-state index contributed by atoms with van der Waals surface area (Å²) in [7, 11) is 3.60. The third-order valence-corrected chi connectivity index (χ3v) is 3.74. The molecule has 0 atom stereocenters. The van der Waals surface area contributed by atoms with Gasteiger partial charge in [-0.2, -0.15) is 0 Å². The van der Waals surface area contributed by atoms with Gasteiger partial charge >= 0.3 is 0 Å². The molecule has 2 aromatic heterocycles. The molecule has 2 rings (SSSR count). The van der Waals surface area contributed by atoms with E-state index < -0.39 is 0 Å². The topological polar surface area (TPSA) is 80.2 Å². The van der Waals surface area contributed by atoms with E-state index in [9.17, 15) is 4.79 Å². The number of likely N-dealkylation sites (N-methyl/N-ethyl adjacent to an activating group) is 1. The van der Waals surface area contributed by atoms with Crippen molar-refractivity contribution in [2.75, 3.05) is 38.8 Å². The van der Waals surface area contributed by atoms with Gasteiger partial charge in [0.25, 0.3) is 5.91 Å². The number of amides is 1. The first-order valence-electron chi connectivity index (χ1n) is 8.33. The maximum atomic E-state index is 12.2. The second-order valence-electron chi connectivity index (χ2n) is 5.79. The van der Waals surface area contributed by atoms with Crippen LogP contribution in [0.5, 0.6) is 0 Å². The van der Waals surface area contributed by atoms with Gasteiger partial charge in [0.15, 0.2) is 0 Å². The minimum absolute atomic E-state index is 0.189. The fraction of sp³-hybridized carbons (Fsp3) is 0.444. The molecule has 0 unspecified atom stereocenters. The van der Waals surface area contributed by atoms with Crippen molar-refractivity contribution in [2.24, 2.45) is 0 Å². The van der Waals surface area contributed by atoms with Gasteiger partial charge in [0.05, 0.1) is 0 Å². The van der Waals surface area contributed by atoms with Crippen LogP contribution in [-0.2, 0) is 11.2 Å². The van der Waals surface area contributed by atoms with Crippen LogP contribution in [0.4, 0.5) is 5.82 Å². The SMILES string of the molecule is COCCCNC(=O)c1cc(N(C)CCc2ccncc2)nc(C)n1. The van der Waals surface area contributed by atoms with E-state index in [4.69, 9.17) is 4.74 Å². The third kappa shape index (κ3) is 6.11. The van der Waals surface area contributed by atoms with Crippen LogP contribution in [0.25, 0.3) is 0 Å². The standard InChI is InChI=1S/C18H25N5O2/c1-14-21-16(18(24)20-8-4-12-25-3)13-17(22-14)23(2)11-7-15-5-9-19-10-6-15/h5-6,9-10,13H,4,7-8,11-12H2,1-3H3,(H,20,24). The molecule has 7 nitrogen and oxygen atoms in total. The highest BCUT2D eigenvalue weighted by atomic mass is 16.5. The van der Waals surface area contributed by atoms with Crippen molar-refractivity contribution >= 4 is 11.7 Å². The summed E-state index contributed by atoms with van der Waals surface area (Å²) in [4.78, 5) is 27.0. The van der Waals surface area contributed by atoms with Crippen LogP contribution in [0.3, 0.4) is 0 Å². The van der Waals surface area contributed by atoms with Crippen molar-refractivity contribution in [1.29, 1.82) is 0 Å². The molecule has 0 spiro atoms. The third-order valence-electron chi connectivity index (χ3n) is 3.74. The molecule has 1 N–H and O–H groups in total.